The fourth-order valence-corrected chi connectivity index (χ4v) is 7.09. The first-order valence-electron chi connectivity index (χ1n) is 15.9. The quantitative estimate of drug-likeness (QED) is 0.178. The summed E-state index contributed by atoms with van der Waals surface area (Å²) in [6.45, 7) is 4.39. The topological polar surface area (TPSA) is 102 Å². The molecule has 9 heteroatoms. The van der Waals surface area contributed by atoms with Crippen molar-refractivity contribution in [1.29, 1.82) is 0 Å². The number of hydrogen-bond donors (Lipinski definition) is 2. The maximum Gasteiger partial charge on any atom is 0.407 e. The molecule has 0 unspecified atom stereocenters. The van der Waals surface area contributed by atoms with Gasteiger partial charge in [-0.25, -0.2) is 4.79 Å². The van der Waals surface area contributed by atoms with Gasteiger partial charge in [0.1, 0.15) is 18.9 Å². The van der Waals surface area contributed by atoms with Gasteiger partial charge in [-0.1, -0.05) is 67.6 Å². The molecule has 0 bridgehead atoms. The van der Waals surface area contributed by atoms with Crippen molar-refractivity contribution >= 4 is 22.7 Å². The van der Waals surface area contributed by atoms with Crippen molar-refractivity contribution in [3.63, 3.8) is 0 Å². The van der Waals surface area contributed by atoms with Crippen LogP contribution < -0.4 is 14.8 Å². The molecule has 1 aliphatic carbocycles. The van der Waals surface area contributed by atoms with E-state index in [4.69, 9.17) is 19.6 Å². The number of likely N-dealkylation sites (tertiary alicyclic amines) is 1. The van der Waals surface area contributed by atoms with Crippen molar-refractivity contribution in [3.05, 3.63) is 102 Å². The Morgan fingerprint density at radius 2 is 1.65 bits per heavy atom. The van der Waals surface area contributed by atoms with Crippen molar-refractivity contribution < 1.29 is 19.4 Å². The molecule has 3 heterocycles. The zero-order valence-electron chi connectivity index (χ0n) is 26.2. The molecule has 5 aromatic rings. The number of anilines is 1. The van der Waals surface area contributed by atoms with E-state index in [0.717, 1.165) is 58.2 Å². The van der Waals surface area contributed by atoms with E-state index in [0.29, 0.717) is 50.0 Å². The van der Waals surface area contributed by atoms with Crippen LogP contribution in [0.25, 0.3) is 22.2 Å². The third-order valence-electron chi connectivity index (χ3n) is 9.49. The fourth-order valence-electron chi connectivity index (χ4n) is 7.09. The number of carbonyl (C=O) groups is 1. The Kier molecular flexibility index (Phi) is 7.98. The average Bonchev–Trinajstić information content (AvgIpc) is 3.38. The number of nitrogens with one attached hydrogen (secondary N) is 1. The minimum atomic E-state index is -0.805. The molecule has 1 saturated carbocycles. The van der Waals surface area contributed by atoms with Crippen LogP contribution in [0.3, 0.4) is 0 Å². The Labute approximate surface area is 268 Å². The van der Waals surface area contributed by atoms with Crippen LogP contribution in [0.15, 0.2) is 91.0 Å². The number of aryl methyl sites for hydroxylation is 1. The number of amides is 1. The smallest absolute Gasteiger partial charge is 0.407 e. The van der Waals surface area contributed by atoms with Gasteiger partial charge in [-0.05, 0) is 60.6 Å². The van der Waals surface area contributed by atoms with Gasteiger partial charge in [-0.2, -0.15) is 10.1 Å². The van der Waals surface area contributed by atoms with Gasteiger partial charge in [-0.15, -0.1) is 0 Å². The van der Waals surface area contributed by atoms with Crippen molar-refractivity contribution in [2.75, 3.05) is 18.4 Å². The lowest BCUT2D eigenvalue weighted by atomic mass is 9.64. The number of benzene rings is 3. The van der Waals surface area contributed by atoms with Crippen LogP contribution in [-0.4, -0.2) is 50.0 Å². The van der Waals surface area contributed by atoms with E-state index < -0.39 is 6.09 Å². The molecule has 7 rings (SSSR count). The summed E-state index contributed by atoms with van der Waals surface area (Å²) >= 11 is 0. The van der Waals surface area contributed by atoms with Crippen molar-refractivity contribution in [2.24, 2.45) is 18.4 Å². The molecule has 1 saturated heterocycles. The third-order valence-corrected chi connectivity index (χ3v) is 9.49. The normalized spacial score (nSPS) is 18.7. The van der Waals surface area contributed by atoms with E-state index >= 15 is 0 Å². The summed E-state index contributed by atoms with van der Waals surface area (Å²) in [4.78, 5) is 17.6. The second kappa shape index (κ2) is 12.4. The third kappa shape index (κ3) is 6.09. The Balaban J connectivity index is 1.12. The number of pyridine rings is 1. The summed E-state index contributed by atoms with van der Waals surface area (Å²) in [5.74, 6) is 1.41. The van der Waals surface area contributed by atoms with Gasteiger partial charge in [-0.3, -0.25) is 4.68 Å². The van der Waals surface area contributed by atoms with Gasteiger partial charge < -0.3 is 24.8 Å². The van der Waals surface area contributed by atoms with Crippen LogP contribution in [-0.2, 0) is 20.3 Å². The summed E-state index contributed by atoms with van der Waals surface area (Å²) < 4.78 is 14.3. The fraction of sp³-hybridized carbons (Fsp3) is 0.324. The van der Waals surface area contributed by atoms with Crippen LogP contribution >= 0.6 is 0 Å². The Bertz CT molecular complexity index is 1840. The van der Waals surface area contributed by atoms with Gasteiger partial charge in [0.15, 0.2) is 0 Å². The van der Waals surface area contributed by atoms with Crippen molar-refractivity contribution in [1.82, 2.24) is 19.7 Å². The maximum atomic E-state index is 11.3. The monoisotopic (exact) mass is 617 g/mol. The second-order valence-corrected chi connectivity index (χ2v) is 12.9. The first kappa shape index (κ1) is 29.6. The molecule has 236 valence electrons. The summed E-state index contributed by atoms with van der Waals surface area (Å²) in [6.07, 6.45) is 2.30. The first-order chi connectivity index (χ1) is 22.4. The largest absolute Gasteiger partial charge is 0.473 e. The molecule has 2 atom stereocenters. The highest BCUT2D eigenvalue weighted by atomic mass is 16.5. The maximum absolute atomic E-state index is 11.3. The van der Waals surface area contributed by atoms with Gasteiger partial charge >= 0.3 is 6.09 Å². The highest BCUT2D eigenvalue weighted by Crippen LogP contribution is 2.47. The molecule has 2 N–H and O–H groups in total. The molecule has 46 heavy (non-hydrogen) atoms. The molecule has 0 radical (unpaired) electrons. The van der Waals surface area contributed by atoms with Crippen LogP contribution in [0.1, 0.15) is 37.3 Å². The van der Waals surface area contributed by atoms with E-state index in [1.807, 2.05) is 84.5 Å². The molecule has 1 aliphatic heterocycles. The van der Waals surface area contributed by atoms with Crippen LogP contribution in [0.4, 0.5) is 10.5 Å². The number of ether oxygens (including phenoxy) is 2. The lowest BCUT2D eigenvalue weighted by Crippen LogP contribution is -2.61. The molecule has 2 aliphatic rings. The minimum absolute atomic E-state index is 0.146. The molecule has 1 amide bonds. The van der Waals surface area contributed by atoms with Crippen molar-refractivity contribution in [2.45, 2.75) is 45.4 Å². The summed E-state index contributed by atoms with van der Waals surface area (Å²) in [5, 5.41) is 19.0. The van der Waals surface area contributed by atoms with E-state index in [2.05, 4.69) is 30.4 Å². The van der Waals surface area contributed by atoms with Gasteiger partial charge in [0.05, 0.1) is 11.1 Å². The van der Waals surface area contributed by atoms with E-state index in [1.165, 1.54) is 4.90 Å². The molecular weight excluding hydrogens is 578 g/mol. The first-order valence-corrected chi connectivity index (χ1v) is 15.9. The van der Waals surface area contributed by atoms with Crippen LogP contribution in [0.2, 0.25) is 0 Å². The van der Waals surface area contributed by atoms with Crippen molar-refractivity contribution in [3.8, 4) is 23.0 Å². The van der Waals surface area contributed by atoms with Crippen LogP contribution in [0.5, 0.6) is 11.8 Å². The van der Waals surface area contributed by atoms with E-state index in [1.54, 1.807) is 0 Å². The number of carboxylic acid groups (broad SMARTS) is 1. The predicted molar refractivity (Wildman–Crippen MR) is 178 cm³/mol. The predicted octanol–water partition coefficient (Wildman–Crippen LogP) is 7.37. The van der Waals surface area contributed by atoms with Gasteiger partial charge in [0.2, 0.25) is 11.8 Å². The number of aromatic nitrogens is 3. The molecule has 9 nitrogen and oxygen atoms in total. The summed E-state index contributed by atoms with van der Waals surface area (Å²) in [6, 6.07) is 30.7. The molecular formula is C37H39N5O4. The standard InChI is InChI=1S/C37H39N5O4/c1-25-20-37(23-42(24-37)36(43)44)18-17-31(25)38-28-13-14-29-32(19-28)41(2)40-34(29)30-15-16-33(45-21-26-9-5-3-6-10-26)39-35(30)46-22-27-11-7-4-8-12-27/h3-16,19,25,31,38H,17-18,20-24H2,1-2H3,(H,43,44)/t25-,31+/m0/s1. The SMILES string of the molecule is C[C@H]1CC2(CC[C@H]1Nc1ccc3c(-c4ccc(OCc5ccccc5)nc4OCc4ccccc4)nn(C)c3c1)CN(C(=O)O)C2. The Morgan fingerprint density at radius 3 is 2.33 bits per heavy atom. The average molecular weight is 618 g/mol. The highest BCUT2D eigenvalue weighted by molar-refractivity contribution is 5.96. The summed E-state index contributed by atoms with van der Waals surface area (Å²) in [7, 11) is 1.96. The lowest BCUT2D eigenvalue weighted by Gasteiger charge is -2.54. The Hall–Kier alpha value is -5.05. The zero-order chi connectivity index (χ0) is 31.7. The van der Waals surface area contributed by atoms with E-state index in [-0.39, 0.29) is 5.41 Å². The number of fused-ring (bicyclic) bond motifs is 1. The molecule has 2 fully saturated rings. The van der Waals surface area contributed by atoms with Gasteiger partial charge in [0, 0.05) is 48.7 Å². The number of hydrogen-bond acceptors (Lipinski definition) is 6. The summed E-state index contributed by atoms with van der Waals surface area (Å²) in [5.41, 5.74) is 5.93. The van der Waals surface area contributed by atoms with E-state index in [9.17, 15) is 9.90 Å². The molecule has 3 aromatic carbocycles. The minimum Gasteiger partial charge on any atom is -0.473 e. The zero-order valence-corrected chi connectivity index (χ0v) is 26.2. The van der Waals surface area contributed by atoms with Crippen LogP contribution in [0, 0.1) is 11.3 Å². The highest BCUT2D eigenvalue weighted by Gasteiger charge is 2.49. The molecule has 1 spiro atoms. The molecule has 2 aromatic heterocycles. The number of rotatable bonds is 9. The second-order valence-electron chi connectivity index (χ2n) is 12.9. The number of nitrogens with zero attached hydrogens (tertiary/aromatic N) is 4. The lowest BCUT2D eigenvalue weighted by molar-refractivity contribution is -0.0307. The Morgan fingerprint density at radius 1 is 0.957 bits per heavy atom. The van der Waals surface area contributed by atoms with Gasteiger partial charge in [0.25, 0.3) is 0 Å².